The van der Waals surface area contributed by atoms with Crippen LogP contribution in [-0.4, -0.2) is 19.8 Å². The Labute approximate surface area is 126 Å². The van der Waals surface area contributed by atoms with Gasteiger partial charge in [-0.2, -0.15) is 0 Å². The number of hydrogen-bond acceptors (Lipinski definition) is 3. The van der Waals surface area contributed by atoms with E-state index < -0.39 is 0 Å². The van der Waals surface area contributed by atoms with Crippen molar-refractivity contribution in [3.8, 4) is 11.5 Å². The predicted octanol–water partition coefficient (Wildman–Crippen LogP) is 3.64. The predicted molar refractivity (Wildman–Crippen MR) is 85.9 cm³/mol. The van der Waals surface area contributed by atoms with Crippen LogP contribution in [0.3, 0.4) is 0 Å². The number of rotatable bonds is 9. The molecule has 0 spiro atoms. The van der Waals surface area contributed by atoms with E-state index in [-0.39, 0.29) is 0 Å². The zero-order valence-corrected chi connectivity index (χ0v) is 12.5. The lowest BCUT2D eigenvalue weighted by Crippen LogP contribution is -2.17. The van der Waals surface area contributed by atoms with E-state index in [1.54, 1.807) is 0 Å². The molecule has 0 bridgehead atoms. The second kappa shape index (κ2) is 9.03. The van der Waals surface area contributed by atoms with Crippen molar-refractivity contribution < 1.29 is 9.47 Å². The summed E-state index contributed by atoms with van der Waals surface area (Å²) in [5.41, 5.74) is 1.27. The molecule has 0 aliphatic rings. The van der Waals surface area contributed by atoms with Crippen molar-refractivity contribution in [1.29, 1.82) is 0 Å². The van der Waals surface area contributed by atoms with Crippen LogP contribution in [-0.2, 0) is 6.54 Å². The van der Waals surface area contributed by atoms with E-state index in [0.29, 0.717) is 6.61 Å². The van der Waals surface area contributed by atoms with Gasteiger partial charge in [0.1, 0.15) is 11.5 Å². The van der Waals surface area contributed by atoms with Crippen molar-refractivity contribution in [1.82, 2.24) is 5.32 Å². The molecule has 0 saturated carbocycles. The van der Waals surface area contributed by atoms with E-state index in [9.17, 15) is 0 Å². The summed E-state index contributed by atoms with van der Waals surface area (Å²) >= 11 is 0. The summed E-state index contributed by atoms with van der Waals surface area (Å²) < 4.78 is 11.1. The Morgan fingerprint density at radius 1 is 0.857 bits per heavy atom. The van der Waals surface area contributed by atoms with Gasteiger partial charge in [-0.15, -0.1) is 0 Å². The third kappa shape index (κ3) is 5.88. The molecule has 112 valence electrons. The van der Waals surface area contributed by atoms with Crippen molar-refractivity contribution >= 4 is 0 Å². The molecule has 3 heteroatoms. The van der Waals surface area contributed by atoms with Crippen LogP contribution in [0.15, 0.2) is 54.6 Å². The smallest absolute Gasteiger partial charge is 0.119 e. The zero-order chi connectivity index (χ0) is 14.8. The topological polar surface area (TPSA) is 30.5 Å². The van der Waals surface area contributed by atoms with E-state index in [1.165, 1.54) is 5.56 Å². The highest BCUT2D eigenvalue weighted by atomic mass is 16.5. The lowest BCUT2D eigenvalue weighted by Gasteiger charge is -2.08. The van der Waals surface area contributed by atoms with Crippen LogP contribution in [0.5, 0.6) is 11.5 Å². The molecule has 2 rings (SSSR count). The second-order valence-electron chi connectivity index (χ2n) is 4.77. The van der Waals surface area contributed by atoms with Crippen LogP contribution in [0, 0.1) is 0 Å². The maximum atomic E-state index is 5.64. The Morgan fingerprint density at radius 2 is 1.57 bits per heavy atom. The van der Waals surface area contributed by atoms with Gasteiger partial charge in [-0.05, 0) is 49.7 Å². The molecule has 0 saturated heterocycles. The number of hydrogen-bond donors (Lipinski definition) is 1. The summed E-state index contributed by atoms with van der Waals surface area (Å²) in [6.07, 6.45) is 0.992. The van der Waals surface area contributed by atoms with E-state index in [2.05, 4.69) is 17.4 Å². The van der Waals surface area contributed by atoms with E-state index in [4.69, 9.17) is 9.47 Å². The summed E-state index contributed by atoms with van der Waals surface area (Å²) in [4.78, 5) is 0. The van der Waals surface area contributed by atoms with Gasteiger partial charge in [-0.3, -0.25) is 0 Å². The molecule has 0 aromatic heterocycles. The Morgan fingerprint density at radius 3 is 2.29 bits per heavy atom. The van der Waals surface area contributed by atoms with Crippen LogP contribution in [0.1, 0.15) is 18.9 Å². The highest BCUT2D eigenvalue weighted by molar-refractivity contribution is 5.27. The third-order valence-electron chi connectivity index (χ3n) is 3.07. The average Bonchev–Trinajstić information content (AvgIpc) is 2.53. The first kappa shape index (κ1) is 15.4. The molecule has 1 N–H and O–H groups in total. The molecule has 0 amide bonds. The first-order valence-corrected chi connectivity index (χ1v) is 7.49. The molecule has 0 radical (unpaired) electrons. The minimum atomic E-state index is 0.707. The highest BCUT2D eigenvalue weighted by Crippen LogP contribution is 2.12. The lowest BCUT2D eigenvalue weighted by molar-refractivity contribution is 0.308. The van der Waals surface area contributed by atoms with Gasteiger partial charge in [-0.25, -0.2) is 0 Å². The lowest BCUT2D eigenvalue weighted by atomic mass is 10.2. The van der Waals surface area contributed by atoms with Gasteiger partial charge in [0.05, 0.1) is 13.2 Å². The standard InChI is InChI=1S/C18H23NO2/c1-2-20-18-11-9-16(10-12-18)15-19-13-6-14-21-17-7-4-3-5-8-17/h3-5,7-12,19H,2,6,13-15H2,1H3. The fourth-order valence-electron chi connectivity index (χ4n) is 2.01. The third-order valence-corrected chi connectivity index (χ3v) is 3.07. The first-order valence-electron chi connectivity index (χ1n) is 7.49. The number of nitrogens with one attached hydrogen (secondary N) is 1. The van der Waals surface area contributed by atoms with Gasteiger partial charge in [0.2, 0.25) is 0 Å². The molecule has 0 unspecified atom stereocenters. The largest absolute Gasteiger partial charge is 0.494 e. The van der Waals surface area contributed by atoms with Crippen molar-refractivity contribution in [2.45, 2.75) is 19.9 Å². The molecule has 0 aliphatic heterocycles. The molecule has 21 heavy (non-hydrogen) atoms. The molecular formula is C18H23NO2. The number of ether oxygens (including phenoxy) is 2. The summed E-state index contributed by atoms with van der Waals surface area (Å²) in [6, 6.07) is 18.1. The van der Waals surface area contributed by atoms with Crippen molar-refractivity contribution in [3.63, 3.8) is 0 Å². The van der Waals surface area contributed by atoms with Gasteiger partial charge in [0, 0.05) is 6.54 Å². The minimum Gasteiger partial charge on any atom is -0.494 e. The summed E-state index contributed by atoms with van der Waals surface area (Å²) in [6.45, 7) is 5.25. The SMILES string of the molecule is CCOc1ccc(CNCCCOc2ccccc2)cc1. The summed E-state index contributed by atoms with van der Waals surface area (Å²) in [5, 5.41) is 3.42. The second-order valence-corrected chi connectivity index (χ2v) is 4.77. The van der Waals surface area contributed by atoms with Gasteiger partial charge >= 0.3 is 0 Å². The monoisotopic (exact) mass is 285 g/mol. The maximum absolute atomic E-state index is 5.64. The number of para-hydroxylation sites is 1. The Kier molecular flexibility index (Phi) is 6.62. The molecule has 0 heterocycles. The molecule has 0 aliphatic carbocycles. The molecule has 2 aromatic rings. The molecule has 2 aromatic carbocycles. The molecular weight excluding hydrogens is 262 g/mol. The van der Waals surface area contributed by atoms with Crippen LogP contribution < -0.4 is 14.8 Å². The Balaban J connectivity index is 1.57. The molecule has 0 fully saturated rings. The van der Waals surface area contributed by atoms with Crippen LogP contribution in [0.2, 0.25) is 0 Å². The Hall–Kier alpha value is -2.00. The van der Waals surface area contributed by atoms with Crippen molar-refractivity contribution in [3.05, 3.63) is 60.2 Å². The van der Waals surface area contributed by atoms with Gasteiger partial charge in [0.25, 0.3) is 0 Å². The first-order chi connectivity index (χ1) is 10.4. The van der Waals surface area contributed by atoms with Gasteiger partial charge in [0.15, 0.2) is 0 Å². The fraction of sp³-hybridized carbons (Fsp3) is 0.333. The molecule has 3 nitrogen and oxygen atoms in total. The Bertz CT molecular complexity index is 496. The maximum Gasteiger partial charge on any atom is 0.119 e. The highest BCUT2D eigenvalue weighted by Gasteiger charge is 1.96. The fourth-order valence-corrected chi connectivity index (χ4v) is 2.01. The van der Waals surface area contributed by atoms with Crippen molar-refractivity contribution in [2.24, 2.45) is 0 Å². The summed E-state index contributed by atoms with van der Waals surface area (Å²) in [7, 11) is 0. The van der Waals surface area contributed by atoms with Crippen LogP contribution >= 0.6 is 0 Å². The van der Waals surface area contributed by atoms with E-state index in [1.807, 2.05) is 49.4 Å². The van der Waals surface area contributed by atoms with Crippen molar-refractivity contribution in [2.75, 3.05) is 19.8 Å². The zero-order valence-electron chi connectivity index (χ0n) is 12.5. The number of benzene rings is 2. The van der Waals surface area contributed by atoms with E-state index in [0.717, 1.165) is 37.6 Å². The molecule has 0 atom stereocenters. The minimum absolute atomic E-state index is 0.707. The normalized spacial score (nSPS) is 10.3. The average molecular weight is 285 g/mol. The van der Waals surface area contributed by atoms with Crippen LogP contribution in [0.25, 0.3) is 0 Å². The van der Waals surface area contributed by atoms with Crippen LogP contribution in [0.4, 0.5) is 0 Å². The van der Waals surface area contributed by atoms with Gasteiger partial charge in [-0.1, -0.05) is 30.3 Å². The van der Waals surface area contributed by atoms with Gasteiger partial charge < -0.3 is 14.8 Å². The quantitative estimate of drug-likeness (QED) is 0.713. The van der Waals surface area contributed by atoms with E-state index >= 15 is 0 Å². The summed E-state index contributed by atoms with van der Waals surface area (Å²) in [5.74, 6) is 1.86.